The molecule has 2 aromatic heterocycles. The zero-order valence-electron chi connectivity index (χ0n) is 15.4. The first-order valence-electron chi connectivity index (χ1n) is 8.54. The molecule has 3 rings (SSSR count). The van der Waals surface area contributed by atoms with Gasteiger partial charge in [-0.15, -0.1) is 0 Å². The second-order valence-electron chi connectivity index (χ2n) is 6.34. The predicted molar refractivity (Wildman–Crippen MR) is 101 cm³/mol. The number of aromatic nitrogens is 3. The zero-order chi connectivity index (χ0) is 21.4. The first-order valence-corrected chi connectivity index (χ1v) is 10.8. The van der Waals surface area contributed by atoms with E-state index in [1.165, 1.54) is 11.3 Å². The van der Waals surface area contributed by atoms with E-state index < -0.39 is 21.3 Å². The van der Waals surface area contributed by atoms with Crippen LogP contribution in [0.2, 0.25) is 0 Å². The molecule has 2 N–H and O–H groups in total. The van der Waals surface area contributed by atoms with E-state index in [4.69, 9.17) is 0 Å². The van der Waals surface area contributed by atoms with Gasteiger partial charge in [0.2, 0.25) is 5.95 Å². The standard InChI is InChI=1S/C15H18F4N6O2S2/c1-8-12(28-14(20-2)22-8)11-10(16)7-21-13(24-11)23-9-3-5-25(6-4-9)29(26,27)15(17,18)19/h7,9H,3-6H2,1-2H3,(H,20,22)(H,21,23,24). The lowest BCUT2D eigenvalue weighted by Gasteiger charge is -2.31. The van der Waals surface area contributed by atoms with Gasteiger partial charge in [-0.3, -0.25) is 0 Å². The maximum atomic E-state index is 14.2. The fourth-order valence-electron chi connectivity index (χ4n) is 2.89. The van der Waals surface area contributed by atoms with Crippen LogP contribution >= 0.6 is 11.3 Å². The van der Waals surface area contributed by atoms with Crippen molar-refractivity contribution in [3.05, 3.63) is 17.7 Å². The number of sulfonamides is 1. The Balaban J connectivity index is 1.72. The molecule has 0 saturated carbocycles. The largest absolute Gasteiger partial charge is 0.511 e. The lowest BCUT2D eigenvalue weighted by atomic mass is 10.1. The van der Waals surface area contributed by atoms with Crippen LogP contribution in [0.4, 0.5) is 28.6 Å². The van der Waals surface area contributed by atoms with Crippen LogP contribution in [0.5, 0.6) is 0 Å². The monoisotopic (exact) mass is 454 g/mol. The summed E-state index contributed by atoms with van der Waals surface area (Å²) in [5.41, 5.74) is -4.66. The minimum Gasteiger partial charge on any atom is -0.365 e. The van der Waals surface area contributed by atoms with E-state index in [2.05, 4.69) is 25.6 Å². The van der Waals surface area contributed by atoms with Crippen molar-refractivity contribution in [2.75, 3.05) is 30.8 Å². The SMILES string of the molecule is CNc1nc(C)c(-c2nc(NC3CCN(S(=O)(=O)C(F)(F)F)CC3)ncc2F)s1. The fourth-order valence-corrected chi connectivity index (χ4v) is 4.78. The van der Waals surface area contributed by atoms with E-state index in [0.717, 1.165) is 6.20 Å². The van der Waals surface area contributed by atoms with E-state index in [9.17, 15) is 26.0 Å². The molecule has 0 amide bonds. The van der Waals surface area contributed by atoms with Crippen LogP contribution in [0.3, 0.4) is 0 Å². The maximum Gasteiger partial charge on any atom is 0.511 e. The second kappa shape index (κ2) is 7.99. The molecule has 3 heterocycles. The Hall–Kier alpha value is -2.06. The molecule has 0 aliphatic carbocycles. The van der Waals surface area contributed by atoms with Crippen LogP contribution in [-0.2, 0) is 10.0 Å². The number of alkyl halides is 3. The van der Waals surface area contributed by atoms with Crippen LogP contribution in [-0.4, -0.2) is 59.4 Å². The van der Waals surface area contributed by atoms with Crippen molar-refractivity contribution in [2.24, 2.45) is 0 Å². The summed E-state index contributed by atoms with van der Waals surface area (Å²) in [4.78, 5) is 12.8. The summed E-state index contributed by atoms with van der Waals surface area (Å²) < 4.78 is 75.6. The van der Waals surface area contributed by atoms with Crippen LogP contribution in [0.15, 0.2) is 6.20 Å². The van der Waals surface area contributed by atoms with E-state index in [0.29, 0.717) is 20.0 Å². The summed E-state index contributed by atoms with van der Waals surface area (Å²) in [5, 5.41) is 6.42. The molecular formula is C15H18F4N6O2S2. The van der Waals surface area contributed by atoms with Crippen molar-refractivity contribution in [1.29, 1.82) is 0 Å². The van der Waals surface area contributed by atoms with Gasteiger partial charge in [-0.25, -0.2) is 27.8 Å². The number of rotatable bonds is 5. The smallest absolute Gasteiger partial charge is 0.365 e. The number of aryl methyl sites for hydroxylation is 1. The molecule has 1 aliphatic rings. The van der Waals surface area contributed by atoms with Crippen molar-refractivity contribution in [3.63, 3.8) is 0 Å². The van der Waals surface area contributed by atoms with Gasteiger partial charge < -0.3 is 10.6 Å². The van der Waals surface area contributed by atoms with E-state index in [1.807, 2.05) is 0 Å². The Labute approximate surface area is 168 Å². The maximum absolute atomic E-state index is 14.2. The lowest BCUT2D eigenvalue weighted by Crippen LogP contribution is -2.47. The molecule has 0 unspecified atom stereocenters. The van der Waals surface area contributed by atoms with Crippen molar-refractivity contribution in [2.45, 2.75) is 31.3 Å². The molecule has 14 heteroatoms. The van der Waals surface area contributed by atoms with E-state index in [1.54, 1.807) is 14.0 Å². The molecular weight excluding hydrogens is 436 g/mol. The number of nitrogens with one attached hydrogen (secondary N) is 2. The number of thiazole rings is 1. The molecule has 0 radical (unpaired) electrons. The highest BCUT2D eigenvalue weighted by Gasteiger charge is 2.50. The Bertz CT molecular complexity index is 987. The van der Waals surface area contributed by atoms with Crippen molar-refractivity contribution in [3.8, 4) is 10.6 Å². The van der Waals surface area contributed by atoms with Crippen molar-refractivity contribution < 1.29 is 26.0 Å². The van der Waals surface area contributed by atoms with Gasteiger partial charge >= 0.3 is 15.5 Å². The molecule has 0 aromatic carbocycles. The molecule has 8 nitrogen and oxygen atoms in total. The minimum absolute atomic E-state index is 0.0658. The number of piperidine rings is 1. The van der Waals surface area contributed by atoms with Crippen molar-refractivity contribution >= 4 is 32.4 Å². The van der Waals surface area contributed by atoms with E-state index >= 15 is 0 Å². The summed E-state index contributed by atoms with van der Waals surface area (Å²) in [7, 11) is -3.64. The Morgan fingerprint density at radius 3 is 2.45 bits per heavy atom. The van der Waals surface area contributed by atoms with Crippen LogP contribution in [0.1, 0.15) is 18.5 Å². The van der Waals surface area contributed by atoms with Gasteiger partial charge in [-0.05, 0) is 19.8 Å². The molecule has 1 aliphatic heterocycles. The van der Waals surface area contributed by atoms with Gasteiger partial charge in [0.15, 0.2) is 10.9 Å². The minimum atomic E-state index is -5.34. The third kappa shape index (κ3) is 4.43. The fraction of sp³-hybridized carbons (Fsp3) is 0.533. The summed E-state index contributed by atoms with van der Waals surface area (Å²) in [6.45, 7) is 1.15. The number of nitrogens with zero attached hydrogens (tertiary/aromatic N) is 4. The van der Waals surface area contributed by atoms with Gasteiger partial charge in [0, 0.05) is 26.2 Å². The van der Waals surface area contributed by atoms with Gasteiger partial charge in [0.1, 0.15) is 5.69 Å². The van der Waals surface area contributed by atoms with E-state index in [-0.39, 0.29) is 43.6 Å². The highest BCUT2D eigenvalue weighted by Crippen LogP contribution is 2.33. The Morgan fingerprint density at radius 1 is 1.24 bits per heavy atom. The number of hydrogen-bond acceptors (Lipinski definition) is 8. The van der Waals surface area contributed by atoms with Crippen molar-refractivity contribution in [1.82, 2.24) is 19.3 Å². The van der Waals surface area contributed by atoms with Gasteiger partial charge in [-0.1, -0.05) is 11.3 Å². The molecule has 0 bridgehead atoms. The summed E-state index contributed by atoms with van der Waals surface area (Å²) in [5.74, 6) is -0.520. The zero-order valence-corrected chi connectivity index (χ0v) is 17.0. The first-order chi connectivity index (χ1) is 13.5. The van der Waals surface area contributed by atoms with Crippen LogP contribution < -0.4 is 10.6 Å². The van der Waals surface area contributed by atoms with Gasteiger partial charge in [0.05, 0.1) is 16.8 Å². The van der Waals surface area contributed by atoms with Crippen LogP contribution in [0, 0.1) is 12.7 Å². The predicted octanol–water partition coefficient (Wildman–Crippen LogP) is 2.82. The Kier molecular flexibility index (Phi) is 5.96. The number of anilines is 2. The third-order valence-corrected chi connectivity index (χ3v) is 7.20. The molecule has 0 atom stereocenters. The molecule has 29 heavy (non-hydrogen) atoms. The number of halogens is 4. The number of hydrogen-bond donors (Lipinski definition) is 2. The molecule has 1 saturated heterocycles. The quantitative estimate of drug-likeness (QED) is 0.670. The first kappa shape index (κ1) is 21.6. The lowest BCUT2D eigenvalue weighted by molar-refractivity contribution is -0.0494. The second-order valence-corrected chi connectivity index (χ2v) is 9.27. The highest BCUT2D eigenvalue weighted by molar-refractivity contribution is 7.90. The molecule has 2 aromatic rings. The normalized spacial score (nSPS) is 16.8. The van der Waals surface area contributed by atoms with Crippen LogP contribution in [0.25, 0.3) is 10.6 Å². The van der Waals surface area contributed by atoms with Gasteiger partial charge in [0.25, 0.3) is 0 Å². The summed E-state index contributed by atoms with van der Waals surface area (Å²) >= 11 is 1.23. The summed E-state index contributed by atoms with van der Waals surface area (Å²) in [6.07, 6.45) is 1.27. The topological polar surface area (TPSA) is 100 Å². The Morgan fingerprint density at radius 2 is 1.90 bits per heavy atom. The molecule has 0 spiro atoms. The average molecular weight is 454 g/mol. The third-order valence-electron chi connectivity index (χ3n) is 4.39. The van der Waals surface area contributed by atoms with Gasteiger partial charge in [-0.2, -0.15) is 17.5 Å². The summed E-state index contributed by atoms with van der Waals surface area (Å²) in [6, 6.07) is -0.344. The molecule has 160 valence electrons. The average Bonchev–Trinajstić information content (AvgIpc) is 3.03. The highest BCUT2D eigenvalue weighted by atomic mass is 32.2. The molecule has 1 fully saturated rings.